The Morgan fingerprint density at radius 2 is 1.71 bits per heavy atom. The van der Waals surface area contributed by atoms with Gasteiger partial charge in [-0.2, -0.15) is 5.10 Å². The molecule has 0 saturated carbocycles. The van der Waals surface area contributed by atoms with Crippen molar-refractivity contribution in [2.24, 2.45) is 0 Å². The molecule has 2 heterocycles. The van der Waals surface area contributed by atoms with Gasteiger partial charge in [0.05, 0.1) is 21.3 Å². The van der Waals surface area contributed by atoms with Crippen molar-refractivity contribution >= 4 is 17.7 Å². The van der Waals surface area contributed by atoms with E-state index in [0.717, 1.165) is 5.56 Å². The van der Waals surface area contributed by atoms with E-state index in [4.69, 9.17) is 18.9 Å². The van der Waals surface area contributed by atoms with Crippen molar-refractivity contribution < 1.29 is 23.7 Å². The minimum Gasteiger partial charge on any atom is -0.493 e. The molecule has 178 valence electrons. The van der Waals surface area contributed by atoms with Gasteiger partial charge in [0, 0.05) is 30.2 Å². The highest BCUT2D eigenvalue weighted by molar-refractivity contribution is 6.02. The normalized spacial score (nSPS) is 10.7. The minimum absolute atomic E-state index is 0.299. The van der Waals surface area contributed by atoms with Crippen LogP contribution in [0.3, 0.4) is 0 Å². The van der Waals surface area contributed by atoms with Crippen molar-refractivity contribution in [3.05, 3.63) is 78.9 Å². The second kappa shape index (κ2) is 10.8. The van der Waals surface area contributed by atoms with Crippen molar-refractivity contribution in [2.45, 2.75) is 0 Å². The number of hydrogen-bond donors (Lipinski definition) is 1. The average molecular weight is 473 g/mol. The van der Waals surface area contributed by atoms with E-state index in [9.17, 15) is 4.79 Å². The van der Waals surface area contributed by atoms with Gasteiger partial charge >= 0.3 is 0 Å². The fraction of sp³-hybridized carbons (Fsp3) is 0.120. The maximum absolute atomic E-state index is 12.4. The first-order valence-electron chi connectivity index (χ1n) is 10.5. The minimum atomic E-state index is -0.299. The molecular weight excluding hydrogens is 450 g/mol. The second-order valence-electron chi connectivity index (χ2n) is 7.07. The van der Waals surface area contributed by atoms with Crippen LogP contribution in [-0.4, -0.2) is 47.0 Å². The SMILES string of the molecule is COc1cc(/C=C/C(=O)Nc2ccc(Oc3cc(-n4cccn4)ncn3)cc2)cc(OC)c1OC. The molecule has 4 aromatic rings. The van der Waals surface area contributed by atoms with Crippen molar-refractivity contribution in [3.8, 4) is 34.7 Å². The number of aromatic nitrogens is 4. The standard InChI is InChI=1S/C25H23N5O5/c1-32-20-13-17(14-21(33-2)25(20)34-3)5-10-23(31)29-18-6-8-19(9-7-18)35-24-15-22(26-16-27-24)30-12-4-11-28-30/h4-16H,1-3H3,(H,29,31)/b10-5+. The Labute approximate surface area is 201 Å². The molecular formula is C25H23N5O5. The number of anilines is 1. The van der Waals surface area contributed by atoms with E-state index >= 15 is 0 Å². The number of benzene rings is 2. The summed E-state index contributed by atoms with van der Waals surface area (Å²) in [4.78, 5) is 20.7. The molecule has 1 amide bonds. The summed E-state index contributed by atoms with van der Waals surface area (Å²) in [5.74, 6) is 2.70. The first-order chi connectivity index (χ1) is 17.1. The number of ether oxygens (including phenoxy) is 4. The van der Waals surface area contributed by atoms with Gasteiger partial charge in [-0.05, 0) is 54.1 Å². The van der Waals surface area contributed by atoms with E-state index in [-0.39, 0.29) is 5.91 Å². The Hall–Kier alpha value is -4.86. The Kier molecular flexibility index (Phi) is 7.22. The zero-order valence-corrected chi connectivity index (χ0v) is 19.3. The molecule has 2 aromatic carbocycles. The molecule has 0 unspecified atom stereocenters. The van der Waals surface area contributed by atoms with E-state index in [1.165, 1.54) is 33.7 Å². The van der Waals surface area contributed by atoms with Gasteiger partial charge in [-0.1, -0.05) is 0 Å². The Morgan fingerprint density at radius 1 is 0.971 bits per heavy atom. The predicted octanol–water partition coefficient (Wildman–Crippen LogP) is 4.13. The molecule has 0 atom stereocenters. The zero-order chi connectivity index (χ0) is 24.6. The van der Waals surface area contributed by atoms with Crippen molar-refractivity contribution in [3.63, 3.8) is 0 Å². The quantitative estimate of drug-likeness (QED) is 0.361. The van der Waals surface area contributed by atoms with Crippen LogP contribution in [0.1, 0.15) is 5.56 Å². The lowest BCUT2D eigenvalue weighted by atomic mass is 10.1. The van der Waals surface area contributed by atoms with Crippen LogP contribution < -0.4 is 24.3 Å². The molecule has 0 spiro atoms. The summed E-state index contributed by atoms with van der Waals surface area (Å²) >= 11 is 0. The van der Waals surface area contributed by atoms with Crippen LogP contribution in [0.15, 0.2) is 73.3 Å². The number of methoxy groups -OCH3 is 3. The van der Waals surface area contributed by atoms with Crippen LogP contribution in [0.2, 0.25) is 0 Å². The van der Waals surface area contributed by atoms with Crippen LogP contribution in [0.25, 0.3) is 11.9 Å². The fourth-order valence-electron chi connectivity index (χ4n) is 3.20. The van der Waals surface area contributed by atoms with Gasteiger partial charge in [-0.3, -0.25) is 4.79 Å². The molecule has 2 aromatic heterocycles. The van der Waals surface area contributed by atoms with Crippen molar-refractivity contribution in [1.29, 1.82) is 0 Å². The maximum atomic E-state index is 12.4. The Bertz CT molecular complexity index is 1300. The molecule has 0 aliphatic rings. The van der Waals surface area contributed by atoms with E-state index in [1.54, 1.807) is 71.7 Å². The first kappa shape index (κ1) is 23.3. The third kappa shape index (κ3) is 5.74. The third-order valence-corrected chi connectivity index (χ3v) is 4.83. The second-order valence-corrected chi connectivity index (χ2v) is 7.07. The number of rotatable bonds is 9. The van der Waals surface area contributed by atoms with E-state index in [2.05, 4.69) is 20.4 Å². The average Bonchev–Trinajstić information content (AvgIpc) is 3.43. The molecule has 4 rings (SSSR count). The highest BCUT2D eigenvalue weighted by Crippen LogP contribution is 2.38. The maximum Gasteiger partial charge on any atom is 0.248 e. The smallest absolute Gasteiger partial charge is 0.248 e. The van der Waals surface area contributed by atoms with Crippen molar-refractivity contribution in [1.82, 2.24) is 19.7 Å². The van der Waals surface area contributed by atoms with E-state index in [0.29, 0.717) is 40.4 Å². The van der Waals surface area contributed by atoms with E-state index in [1.807, 2.05) is 0 Å². The number of nitrogens with one attached hydrogen (secondary N) is 1. The molecule has 0 aliphatic carbocycles. The molecule has 0 bridgehead atoms. The third-order valence-electron chi connectivity index (χ3n) is 4.83. The molecule has 10 heteroatoms. The number of hydrogen-bond acceptors (Lipinski definition) is 8. The highest BCUT2D eigenvalue weighted by atomic mass is 16.5. The number of nitrogens with zero attached hydrogens (tertiary/aromatic N) is 4. The molecule has 0 radical (unpaired) electrons. The van der Waals surface area contributed by atoms with Gasteiger partial charge < -0.3 is 24.3 Å². The Balaban J connectivity index is 1.39. The number of carbonyl (C=O) groups is 1. The molecule has 0 fully saturated rings. The molecule has 10 nitrogen and oxygen atoms in total. The van der Waals surface area contributed by atoms with Crippen LogP contribution in [0.5, 0.6) is 28.9 Å². The summed E-state index contributed by atoms with van der Waals surface area (Å²) in [6, 6.07) is 13.9. The highest BCUT2D eigenvalue weighted by Gasteiger charge is 2.12. The lowest BCUT2D eigenvalue weighted by Gasteiger charge is -2.12. The summed E-state index contributed by atoms with van der Waals surface area (Å²) in [5, 5.41) is 6.95. The monoisotopic (exact) mass is 473 g/mol. The summed E-state index contributed by atoms with van der Waals surface area (Å²) in [5.41, 5.74) is 1.33. The summed E-state index contributed by atoms with van der Waals surface area (Å²) < 4.78 is 23.4. The van der Waals surface area contributed by atoms with E-state index < -0.39 is 0 Å². The lowest BCUT2D eigenvalue weighted by Crippen LogP contribution is -2.07. The molecule has 0 saturated heterocycles. The van der Waals surface area contributed by atoms with Gasteiger partial charge in [0.15, 0.2) is 17.3 Å². The topological polar surface area (TPSA) is 110 Å². The summed E-state index contributed by atoms with van der Waals surface area (Å²) in [6.07, 6.45) is 7.92. The van der Waals surface area contributed by atoms with Gasteiger partial charge in [0.2, 0.25) is 17.5 Å². The zero-order valence-electron chi connectivity index (χ0n) is 19.3. The lowest BCUT2D eigenvalue weighted by molar-refractivity contribution is -0.111. The number of carbonyl (C=O) groups excluding carboxylic acids is 1. The van der Waals surface area contributed by atoms with Gasteiger partial charge in [0.1, 0.15) is 12.1 Å². The van der Waals surface area contributed by atoms with Crippen LogP contribution in [-0.2, 0) is 4.79 Å². The number of amides is 1. The molecule has 35 heavy (non-hydrogen) atoms. The van der Waals surface area contributed by atoms with Crippen molar-refractivity contribution in [2.75, 3.05) is 26.6 Å². The summed E-state index contributed by atoms with van der Waals surface area (Å²) in [6.45, 7) is 0. The summed E-state index contributed by atoms with van der Waals surface area (Å²) in [7, 11) is 4.60. The largest absolute Gasteiger partial charge is 0.493 e. The predicted molar refractivity (Wildman–Crippen MR) is 129 cm³/mol. The first-order valence-corrected chi connectivity index (χ1v) is 10.5. The molecule has 0 aliphatic heterocycles. The van der Waals surface area contributed by atoms with Crippen LogP contribution in [0.4, 0.5) is 5.69 Å². The molecule has 1 N–H and O–H groups in total. The van der Waals surface area contributed by atoms with Gasteiger partial charge in [0.25, 0.3) is 0 Å². The fourth-order valence-corrected chi connectivity index (χ4v) is 3.20. The van der Waals surface area contributed by atoms with Gasteiger partial charge in [-0.25, -0.2) is 14.6 Å². The Morgan fingerprint density at radius 3 is 2.34 bits per heavy atom. The van der Waals surface area contributed by atoms with Gasteiger partial charge in [-0.15, -0.1) is 0 Å². The van der Waals surface area contributed by atoms with Crippen LogP contribution in [0, 0.1) is 0 Å². The van der Waals surface area contributed by atoms with Crippen LogP contribution >= 0.6 is 0 Å².